The number of pyridine rings is 1. The van der Waals surface area contributed by atoms with Gasteiger partial charge in [-0.1, -0.05) is 24.3 Å². The number of piperidine rings is 1. The summed E-state index contributed by atoms with van der Waals surface area (Å²) in [6.45, 7) is 3.97. The maximum absolute atomic E-state index is 12.6. The fourth-order valence-electron chi connectivity index (χ4n) is 3.94. The minimum atomic E-state index is -0.0372. The first-order chi connectivity index (χ1) is 13.1. The molecular formula is C22H24N4O. The largest absolute Gasteiger partial charge is 0.342 e. The van der Waals surface area contributed by atoms with Gasteiger partial charge in [-0.05, 0) is 43.0 Å². The number of hydrogen-bond donors (Lipinski definition) is 0. The van der Waals surface area contributed by atoms with Crippen LogP contribution in [0.3, 0.4) is 0 Å². The minimum absolute atomic E-state index is 0.0372. The van der Waals surface area contributed by atoms with Gasteiger partial charge >= 0.3 is 0 Å². The van der Waals surface area contributed by atoms with Crippen LogP contribution in [0.25, 0.3) is 11.3 Å². The van der Waals surface area contributed by atoms with Gasteiger partial charge in [0, 0.05) is 50.1 Å². The van der Waals surface area contributed by atoms with Crippen molar-refractivity contribution in [1.29, 1.82) is 0 Å². The number of aryl methyl sites for hydroxylation is 1. The van der Waals surface area contributed by atoms with Crippen molar-refractivity contribution < 1.29 is 0 Å². The zero-order chi connectivity index (χ0) is 18.8. The molecule has 1 unspecified atom stereocenters. The molecule has 0 radical (unpaired) electrons. The summed E-state index contributed by atoms with van der Waals surface area (Å²) in [4.78, 5) is 23.7. The number of aromatic nitrogens is 3. The third kappa shape index (κ3) is 3.50. The molecule has 27 heavy (non-hydrogen) atoms. The average molecular weight is 360 g/mol. The van der Waals surface area contributed by atoms with E-state index in [1.165, 1.54) is 17.5 Å². The van der Waals surface area contributed by atoms with E-state index in [1.54, 1.807) is 30.1 Å². The molecular weight excluding hydrogens is 336 g/mol. The lowest BCUT2D eigenvalue weighted by Gasteiger charge is -2.35. The van der Waals surface area contributed by atoms with Gasteiger partial charge in [0.15, 0.2) is 0 Å². The Kier molecular flexibility index (Phi) is 4.75. The van der Waals surface area contributed by atoms with E-state index in [4.69, 9.17) is 4.98 Å². The highest BCUT2D eigenvalue weighted by Gasteiger charge is 2.25. The Hall–Kier alpha value is -2.95. The van der Waals surface area contributed by atoms with Crippen molar-refractivity contribution in [3.05, 3.63) is 76.3 Å². The summed E-state index contributed by atoms with van der Waals surface area (Å²) >= 11 is 0. The molecule has 1 aliphatic rings. The van der Waals surface area contributed by atoms with Gasteiger partial charge in [-0.2, -0.15) is 0 Å². The van der Waals surface area contributed by atoms with E-state index >= 15 is 0 Å². The third-order valence-electron chi connectivity index (χ3n) is 5.42. The Balaban J connectivity index is 1.69. The summed E-state index contributed by atoms with van der Waals surface area (Å²) in [7, 11) is 1.80. The minimum Gasteiger partial charge on any atom is -0.342 e. The molecule has 5 heteroatoms. The molecule has 1 aliphatic heterocycles. The van der Waals surface area contributed by atoms with E-state index in [-0.39, 0.29) is 5.56 Å². The molecule has 0 amide bonds. The van der Waals surface area contributed by atoms with Crippen LogP contribution in [0.1, 0.15) is 29.9 Å². The quantitative estimate of drug-likeness (QED) is 0.717. The van der Waals surface area contributed by atoms with Crippen molar-refractivity contribution in [3.8, 4) is 11.3 Å². The van der Waals surface area contributed by atoms with Crippen LogP contribution in [0.4, 0.5) is 5.95 Å². The molecule has 3 aromatic rings. The lowest BCUT2D eigenvalue weighted by atomic mass is 9.88. The first-order valence-electron chi connectivity index (χ1n) is 9.42. The first kappa shape index (κ1) is 17.5. The normalized spacial score (nSPS) is 17.1. The third-order valence-corrected chi connectivity index (χ3v) is 5.42. The van der Waals surface area contributed by atoms with Gasteiger partial charge < -0.3 is 4.90 Å². The highest BCUT2D eigenvalue weighted by Crippen LogP contribution is 2.31. The van der Waals surface area contributed by atoms with E-state index < -0.39 is 0 Å². The molecule has 1 aromatic carbocycles. The topological polar surface area (TPSA) is 51.0 Å². The zero-order valence-electron chi connectivity index (χ0n) is 15.8. The predicted molar refractivity (Wildman–Crippen MR) is 108 cm³/mol. The van der Waals surface area contributed by atoms with E-state index in [0.717, 1.165) is 31.0 Å². The number of nitrogens with zero attached hydrogens (tertiary/aromatic N) is 4. The number of anilines is 1. The van der Waals surface area contributed by atoms with Gasteiger partial charge in [-0.3, -0.25) is 14.3 Å². The summed E-state index contributed by atoms with van der Waals surface area (Å²) < 4.78 is 1.66. The van der Waals surface area contributed by atoms with Crippen LogP contribution >= 0.6 is 0 Å². The molecule has 5 nitrogen and oxygen atoms in total. The van der Waals surface area contributed by atoms with Crippen molar-refractivity contribution >= 4 is 5.95 Å². The van der Waals surface area contributed by atoms with Gasteiger partial charge in [0.05, 0.1) is 5.69 Å². The fourth-order valence-corrected chi connectivity index (χ4v) is 3.94. The number of rotatable bonds is 3. The van der Waals surface area contributed by atoms with Crippen LogP contribution in [0, 0.1) is 6.92 Å². The molecule has 4 rings (SSSR count). The van der Waals surface area contributed by atoms with Crippen molar-refractivity contribution in [2.24, 2.45) is 7.05 Å². The van der Waals surface area contributed by atoms with Crippen molar-refractivity contribution in [2.75, 3.05) is 18.0 Å². The van der Waals surface area contributed by atoms with E-state index in [2.05, 4.69) is 41.1 Å². The molecule has 1 atom stereocenters. The molecule has 0 aliphatic carbocycles. The van der Waals surface area contributed by atoms with Gasteiger partial charge in [0.1, 0.15) is 0 Å². The van der Waals surface area contributed by atoms with Gasteiger partial charge in [0.2, 0.25) is 5.95 Å². The van der Waals surface area contributed by atoms with Crippen molar-refractivity contribution in [2.45, 2.75) is 25.7 Å². The first-order valence-corrected chi connectivity index (χ1v) is 9.42. The van der Waals surface area contributed by atoms with Crippen LogP contribution in [0.2, 0.25) is 0 Å². The molecule has 0 saturated carbocycles. The number of benzene rings is 1. The molecule has 0 bridgehead atoms. The van der Waals surface area contributed by atoms with Crippen LogP contribution in [0.5, 0.6) is 0 Å². The molecule has 1 fully saturated rings. The van der Waals surface area contributed by atoms with Gasteiger partial charge in [0.25, 0.3) is 5.56 Å². The van der Waals surface area contributed by atoms with Crippen LogP contribution in [-0.4, -0.2) is 27.6 Å². The molecule has 0 spiro atoms. The maximum atomic E-state index is 12.6. The van der Waals surface area contributed by atoms with Crippen LogP contribution in [-0.2, 0) is 7.05 Å². The molecule has 2 aromatic heterocycles. The summed E-state index contributed by atoms with van der Waals surface area (Å²) in [6, 6.07) is 14.0. The van der Waals surface area contributed by atoms with Gasteiger partial charge in [-0.25, -0.2) is 4.98 Å². The van der Waals surface area contributed by atoms with Crippen LogP contribution < -0.4 is 10.5 Å². The Morgan fingerprint density at radius 1 is 1.11 bits per heavy atom. The summed E-state index contributed by atoms with van der Waals surface area (Å²) in [5.41, 5.74) is 4.31. The van der Waals surface area contributed by atoms with E-state index in [0.29, 0.717) is 11.6 Å². The smallest absolute Gasteiger partial charge is 0.255 e. The molecule has 138 valence electrons. The molecule has 1 saturated heterocycles. The van der Waals surface area contributed by atoms with Crippen LogP contribution in [0.15, 0.2) is 59.7 Å². The molecule has 3 heterocycles. The Labute approximate surface area is 159 Å². The van der Waals surface area contributed by atoms with Gasteiger partial charge in [-0.15, -0.1) is 0 Å². The summed E-state index contributed by atoms with van der Waals surface area (Å²) in [6.07, 6.45) is 5.71. The highest BCUT2D eigenvalue weighted by atomic mass is 16.1. The Morgan fingerprint density at radius 3 is 2.67 bits per heavy atom. The fraction of sp³-hybridized carbons (Fsp3) is 0.318. The van der Waals surface area contributed by atoms with E-state index in [9.17, 15) is 4.79 Å². The second-order valence-electron chi connectivity index (χ2n) is 7.22. The molecule has 0 N–H and O–H groups in total. The lowest BCUT2D eigenvalue weighted by molar-refractivity contribution is 0.495. The van der Waals surface area contributed by atoms with Crippen molar-refractivity contribution in [3.63, 3.8) is 0 Å². The second kappa shape index (κ2) is 7.35. The standard InChI is InChI=1S/C22H24N4O/c1-16-6-3-4-8-19(16)18-7-5-13-26(15-18)22-24-20(14-21(27)25(22)2)17-9-11-23-12-10-17/h3-4,6,8-12,14,18H,5,7,13,15H2,1-2H3. The second-order valence-corrected chi connectivity index (χ2v) is 7.22. The predicted octanol–water partition coefficient (Wildman–Crippen LogP) is 3.53. The summed E-state index contributed by atoms with van der Waals surface area (Å²) in [5, 5.41) is 0. The zero-order valence-corrected chi connectivity index (χ0v) is 15.8. The maximum Gasteiger partial charge on any atom is 0.255 e. The van der Waals surface area contributed by atoms with Crippen molar-refractivity contribution in [1.82, 2.24) is 14.5 Å². The highest BCUT2D eigenvalue weighted by molar-refractivity contribution is 5.59. The average Bonchev–Trinajstić information content (AvgIpc) is 2.71. The summed E-state index contributed by atoms with van der Waals surface area (Å²) in [5.74, 6) is 1.20. The Bertz CT molecular complexity index is 997. The lowest BCUT2D eigenvalue weighted by Crippen LogP contribution is -2.38. The van der Waals surface area contributed by atoms with E-state index in [1.807, 2.05) is 12.1 Å². The Morgan fingerprint density at radius 2 is 1.89 bits per heavy atom. The number of hydrogen-bond acceptors (Lipinski definition) is 4. The SMILES string of the molecule is Cc1ccccc1C1CCCN(c2nc(-c3ccncc3)cc(=O)n2C)C1. The monoisotopic (exact) mass is 360 g/mol.